The van der Waals surface area contributed by atoms with Crippen molar-refractivity contribution in [1.82, 2.24) is 5.32 Å². The Bertz CT molecular complexity index is 227. The number of carbonyl (C=O) groups excluding carboxylic acids is 1. The van der Waals surface area contributed by atoms with E-state index >= 15 is 0 Å². The lowest BCUT2D eigenvalue weighted by Crippen LogP contribution is -2.42. The summed E-state index contributed by atoms with van der Waals surface area (Å²) in [5, 5.41) is 2.91. The predicted molar refractivity (Wildman–Crippen MR) is 68.6 cm³/mol. The van der Waals surface area contributed by atoms with Gasteiger partial charge in [0.1, 0.15) is 6.10 Å². The number of amides is 1. The molecule has 0 spiro atoms. The van der Waals surface area contributed by atoms with Crippen molar-refractivity contribution in [2.75, 3.05) is 13.1 Å². The molecule has 1 fully saturated rings. The number of ether oxygens (including phenoxy) is 1. The van der Waals surface area contributed by atoms with Crippen LogP contribution in [-0.2, 0) is 9.53 Å². The molecule has 0 bridgehead atoms. The Kier molecular flexibility index (Phi) is 6.52. The molecule has 1 amide bonds. The van der Waals surface area contributed by atoms with Gasteiger partial charge in [-0.3, -0.25) is 4.79 Å². The maximum absolute atomic E-state index is 11.7. The molecule has 1 rings (SSSR count). The highest BCUT2D eigenvalue weighted by molar-refractivity contribution is 5.80. The zero-order chi connectivity index (χ0) is 12.7. The van der Waals surface area contributed by atoms with E-state index in [1.165, 1.54) is 6.42 Å². The fourth-order valence-electron chi connectivity index (χ4n) is 2.06. The summed E-state index contributed by atoms with van der Waals surface area (Å²) in [6.45, 7) is 5.47. The molecule has 1 aliphatic rings. The van der Waals surface area contributed by atoms with Crippen LogP contribution in [0.2, 0.25) is 0 Å². The SMILES string of the molecule is CCCCCNC(=O)C(C)OC1CC(CN)C1. The zero-order valence-electron chi connectivity index (χ0n) is 11.1. The fourth-order valence-corrected chi connectivity index (χ4v) is 2.06. The molecule has 4 heteroatoms. The Morgan fingerprint density at radius 1 is 1.47 bits per heavy atom. The number of hydrogen-bond donors (Lipinski definition) is 2. The van der Waals surface area contributed by atoms with Crippen molar-refractivity contribution in [1.29, 1.82) is 0 Å². The van der Waals surface area contributed by atoms with E-state index in [-0.39, 0.29) is 18.1 Å². The normalized spacial score (nSPS) is 25.1. The lowest BCUT2D eigenvalue weighted by molar-refractivity contribution is -0.141. The summed E-state index contributed by atoms with van der Waals surface area (Å²) in [5.41, 5.74) is 5.55. The van der Waals surface area contributed by atoms with Crippen LogP contribution in [0.5, 0.6) is 0 Å². The number of hydrogen-bond acceptors (Lipinski definition) is 3. The van der Waals surface area contributed by atoms with Crippen molar-refractivity contribution < 1.29 is 9.53 Å². The number of rotatable bonds is 8. The highest BCUT2D eigenvalue weighted by Crippen LogP contribution is 2.29. The van der Waals surface area contributed by atoms with E-state index in [0.717, 1.165) is 38.8 Å². The minimum Gasteiger partial charge on any atom is -0.365 e. The third-order valence-electron chi connectivity index (χ3n) is 3.37. The average Bonchev–Trinajstić information content (AvgIpc) is 2.28. The van der Waals surface area contributed by atoms with Crippen LogP contribution in [0.3, 0.4) is 0 Å². The van der Waals surface area contributed by atoms with Gasteiger partial charge in [0.15, 0.2) is 0 Å². The fraction of sp³-hybridized carbons (Fsp3) is 0.923. The summed E-state index contributed by atoms with van der Waals surface area (Å²) >= 11 is 0. The molecule has 3 N–H and O–H groups in total. The molecule has 1 atom stereocenters. The van der Waals surface area contributed by atoms with Gasteiger partial charge in [0.25, 0.3) is 0 Å². The van der Waals surface area contributed by atoms with Crippen molar-refractivity contribution >= 4 is 5.91 Å². The van der Waals surface area contributed by atoms with Gasteiger partial charge < -0.3 is 15.8 Å². The first kappa shape index (κ1) is 14.5. The molecule has 0 aliphatic heterocycles. The minimum atomic E-state index is -0.333. The molecule has 1 aliphatic carbocycles. The zero-order valence-corrected chi connectivity index (χ0v) is 11.1. The molecular formula is C13H26N2O2. The maximum atomic E-state index is 11.7. The van der Waals surface area contributed by atoms with Crippen molar-refractivity contribution in [3.05, 3.63) is 0 Å². The molecule has 1 unspecified atom stereocenters. The Balaban J connectivity index is 2.06. The van der Waals surface area contributed by atoms with Crippen molar-refractivity contribution in [2.24, 2.45) is 11.7 Å². The van der Waals surface area contributed by atoms with Gasteiger partial charge in [0, 0.05) is 6.54 Å². The molecule has 0 aromatic heterocycles. The van der Waals surface area contributed by atoms with E-state index in [0.29, 0.717) is 5.92 Å². The third kappa shape index (κ3) is 5.04. The second kappa shape index (κ2) is 7.67. The minimum absolute atomic E-state index is 0.0114. The van der Waals surface area contributed by atoms with Crippen LogP contribution in [0.15, 0.2) is 0 Å². The topological polar surface area (TPSA) is 64.3 Å². The van der Waals surface area contributed by atoms with E-state index in [9.17, 15) is 4.79 Å². The van der Waals surface area contributed by atoms with Crippen molar-refractivity contribution in [3.63, 3.8) is 0 Å². The molecule has 0 radical (unpaired) electrons. The first-order valence-corrected chi connectivity index (χ1v) is 6.80. The molecule has 0 aromatic rings. The largest absolute Gasteiger partial charge is 0.365 e. The van der Waals surface area contributed by atoms with Crippen LogP contribution in [0.25, 0.3) is 0 Å². The lowest BCUT2D eigenvalue weighted by atomic mass is 9.82. The van der Waals surface area contributed by atoms with Crippen LogP contribution in [0.1, 0.15) is 46.0 Å². The van der Waals surface area contributed by atoms with Gasteiger partial charge in [-0.1, -0.05) is 19.8 Å². The van der Waals surface area contributed by atoms with Gasteiger partial charge in [0.05, 0.1) is 6.10 Å². The molecule has 100 valence electrons. The van der Waals surface area contributed by atoms with Crippen molar-refractivity contribution in [3.8, 4) is 0 Å². The lowest BCUT2D eigenvalue weighted by Gasteiger charge is -2.35. The first-order valence-electron chi connectivity index (χ1n) is 6.80. The number of nitrogens with two attached hydrogens (primary N) is 1. The molecule has 4 nitrogen and oxygen atoms in total. The van der Waals surface area contributed by atoms with E-state index in [4.69, 9.17) is 10.5 Å². The second-order valence-electron chi connectivity index (χ2n) is 4.97. The summed E-state index contributed by atoms with van der Waals surface area (Å²) in [6.07, 6.45) is 5.29. The summed E-state index contributed by atoms with van der Waals surface area (Å²) in [7, 11) is 0. The Morgan fingerprint density at radius 2 is 2.18 bits per heavy atom. The molecular weight excluding hydrogens is 216 g/mol. The summed E-state index contributed by atoms with van der Waals surface area (Å²) in [4.78, 5) is 11.7. The molecule has 1 saturated carbocycles. The second-order valence-corrected chi connectivity index (χ2v) is 4.97. The first-order chi connectivity index (χ1) is 8.17. The van der Waals surface area contributed by atoms with E-state index in [2.05, 4.69) is 12.2 Å². The monoisotopic (exact) mass is 242 g/mol. The van der Waals surface area contributed by atoms with Gasteiger partial charge in [-0.25, -0.2) is 0 Å². The highest BCUT2D eigenvalue weighted by Gasteiger charge is 2.31. The molecule has 0 heterocycles. The Hall–Kier alpha value is -0.610. The Labute approximate surface area is 104 Å². The van der Waals surface area contributed by atoms with Crippen LogP contribution >= 0.6 is 0 Å². The van der Waals surface area contributed by atoms with Crippen molar-refractivity contribution in [2.45, 2.75) is 58.2 Å². The van der Waals surface area contributed by atoms with Crippen LogP contribution in [-0.4, -0.2) is 31.2 Å². The van der Waals surface area contributed by atoms with Gasteiger partial charge in [-0.15, -0.1) is 0 Å². The van der Waals surface area contributed by atoms with E-state index in [1.54, 1.807) is 0 Å². The average molecular weight is 242 g/mol. The molecule has 0 aromatic carbocycles. The van der Waals surface area contributed by atoms with Crippen LogP contribution in [0, 0.1) is 5.92 Å². The summed E-state index contributed by atoms with van der Waals surface area (Å²) in [5.74, 6) is 0.608. The quantitative estimate of drug-likeness (QED) is 0.633. The highest BCUT2D eigenvalue weighted by atomic mass is 16.5. The summed E-state index contributed by atoms with van der Waals surface area (Å²) < 4.78 is 5.67. The predicted octanol–water partition coefficient (Wildman–Crippen LogP) is 1.44. The standard InChI is InChI=1S/C13H26N2O2/c1-3-4-5-6-15-13(16)10(2)17-12-7-11(8-12)9-14/h10-12H,3-9,14H2,1-2H3,(H,15,16). The maximum Gasteiger partial charge on any atom is 0.248 e. The van der Waals surface area contributed by atoms with Crippen LogP contribution in [0.4, 0.5) is 0 Å². The number of nitrogens with one attached hydrogen (secondary N) is 1. The smallest absolute Gasteiger partial charge is 0.248 e. The number of carbonyl (C=O) groups is 1. The van der Waals surface area contributed by atoms with Gasteiger partial charge in [0.2, 0.25) is 5.91 Å². The van der Waals surface area contributed by atoms with E-state index < -0.39 is 0 Å². The Morgan fingerprint density at radius 3 is 2.76 bits per heavy atom. The third-order valence-corrected chi connectivity index (χ3v) is 3.37. The van der Waals surface area contributed by atoms with Crippen LogP contribution < -0.4 is 11.1 Å². The number of unbranched alkanes of at least 4 members (excludes halogenated alkanes) is 2. The van der Waals surface area contributed by atoms with Gasteiger partial charge >= 0.3 is 0 Å². The van der Waals surface area contributed by atoms with Gasteiger partial charge in [-0.05, 0) is 38.6 Å². The molecule has 17 heavy (non-hydrogen) atoms. The van der Waals surface area contributed by atoms with Gasteiger partial charge in [-0.2, -0.15) is 0 Å². The molecule has 0 saturated heterocycles. The van der Waals surface area contributed by atoms with E-state index in [1.807, 2.05) is 6.92 Å². The summed E-state index contributed by atoms with van der Waals surface area (Å²) in [6, 6.07) is 0.